The van der Waals surface area contributed by atoms with Crippen LogP contribution < -0.4 is 5.73 Å². The quantitative estimate of drug-likeness (QED) is 0.770. The molecule has 4 aliphatic carbocycles. The molecule has 0 radical (unpaired) electrons. The topological polar surface area (TPSA) is 26.0 Å². The van der Waals surface area contributed by atoms with E-state index in [-0.39, 0.29) is 0 Å². The summed E-state index contributed by atoms with van der Waals surface area (Å²) < 4.78 is 0. The summed E-state index contributed by atoms with van der Waals surface area (Å²) in [4.78, 5) is 0. The molecule has 1 heteroatoms. The third-order valence-corrected chi connectivity index (χ3v) is 5.98. The van der Waals surface area contributed by atoms with Crippen molar-refractivity contribution in [3.63, 3.8) is 0 Å². The Labute approximate surface area is 113 Å². The first-order valence-corrected chi connectivity index (χ1v) is 8.30. The number of hydrogen-bond donors (Lipinski definition) is 1. The normalized spacial score (nSPS) is 43.7. The molecule has 4 rings (SSSR count). The van der Waals surface area contributed by atoms with E-state index < -0.39 is 0 Å². The van der Waals surface area contributed by atoms with Crippen molar-refractivity contribution >= 4 is 0 Å². The molecule has 0 amide bonds. The van der Waals surface area contributed by atoms with Crippen LogP contribution in [0, 0.1) is 29.1 Å². The van der Waals surface area contributed by atoms with Crippen LogP contribution in [0.3, 0.4) is 0 Å². The summed E-state index contributed by atoms with van der Waals surface area (Å²) in [5.41, 5.74) is 7.13. The summed E-state index contributed by atoms with van der Waals surface area (Å²) >= 11 is 0. The van der Waals surface area contributed by atoms with Gasteiger partial charge in [-0.15, -0.1) is 0 Å². The van der Waals surface area contributed by atoms with Crippen molar-refractivity contribution in [3.8, 4) is 0 Å². The lowest BCUT2D eigenvalue weighted by Crippen LogP contribution is -2.48. The van der Waals surface area contributed by atoms with Crippen molar-refractivity contribution in [2.24, 2.45) is 34.8 Å². The van der Waals surface area contributed by atoms with E-state index in [1.54, 1.807) is 19.3 Å². The Kier molecular flexibility index (Phi) is 3.47. The van der Waals surface area contributed by atoms with E-state index in [1.165, 1.54) is 38.5 Å². The van der Waals surface area contributed by atoms with Crippen LogP contribution in [0.2, 0.25) is 0 Å². The third-order valence-electron chi connectivity index (χ3n) is 5.98. The summed E-state index contributed by atoms with van der Waals surface area (Å²) in [6.45, 7) is 4.63. The van der Waals surface area contributed by atoms with Gasteiger partial charge in [-0.1, -0.05) is 13.8 Å². The second kappa shape index (κ2) is 4.81. The maximum absolute atomic E-state index is 6.44. The lowest BCUT2D eigenvalue weighted by Gasteiger charge is -2.57. The van der Waals surface area contributed by atoms with E-state index in [0.29, 0.717) is 11.5 Å². The van der Waals surface area contributed by atoms with Crippen LogP contribution in [0.5, 0.6) is 0 Å². The predicted octanol–water partition coefficient (Wildman–Crippen LogP) is 4.36. The second-order valence-corrected chi connectivity index (χ2v) is 8.35. The molecule has 4 fully saturated rings. The first-order valence-electron chi connectivity index (χ1n) is 8.30. The van der Waals surface area contributed by atoms with Crippen LogP contribution in [0.25, 0.3) is 0 Å². The summed E-state index contributed by atoms with van der Waals surface area (Å²) in [6, 6.07) is 0.476. The zero-order valence-electron chi connectivity index (χ0n) is 12.3. The van der Waals surface area contributed by atoms with Crippen molar-refractivity contribution in [1.29, 1.82) is 0 Å². The Morgan fingerprint density at radius 2 is 1.44 bits per heavy atom. The summed E-state index contributed by atoms with van der Waals surface area (Å²) in [6.07, 6.45) is 13.1. The zero-order chi connectivity index (χ0) is 12.8. The van der Waals surface area contributed by atoms with E-state index in [9.17, 15) is 0 Å². The van der Waals surface area contributed by atoms with Gasteiger partial charge >= 0.3 is 0 Å². The maximum Gasteiger partial charge on any atom is 0.00442 e. The minimum Gasteiger partial charge on any atom is -0.328 e. The van der Waals surface area contributed by atoms with Crippen LogP contribution in [-0.2, 0) is 0 Å². The van der Waals surface area contributed by atoms with Crippen molar-refractivity contribution < 1.29 is 0 Å². The van der Waals surface area contributed by atoms with E-state index in [0.717, 1.165) is 23.7 Å². The van der Waals surface area contributed by atoms with Crippen LogP contribution >= 0.6 is 0 Å². The Balaban J connectivity index is 1.58. The minimum atomic E-state index is 0.476. The SMILES string of the molecule is CC(C)CCC(N)CC12CC3CC(CC(C3)C1)C2. The first-order chi connectivity index (χ1) is 8.55. The lowest BCUT2D eigenvalue weighted by atomic mass is 9.48. The third kappa shape index (κ3) is 2.61. The summed E-state index contributed by atoms with van der Waals surface area (Å²) in [5, 5.41) is 0. The molecule has 0 saturated heterocycles. The molecule has 0 aromatic carbocycles. The van der Waals surface area contributed by atoms with E-state index >= 15 is 0 Å². The smallest absolute Gasteiger partial charge is 0.00442 e. The molecular weight excluding hydrogens is 218 g/mol. The average molecular weight is 249 g/mol. The van der Waals surface area contributed by atoms with Gasteiger partial charge in [-0.25, -0.2) is 0 Å². The standard InChI is InChI=1S/C17H31N/c1-12(2)3-4-16(18)11-17-8-13-5-14(9-17)7-15(6-13)10-17/h12-16H,3-11,18H2,1-2H3. The highest BCUT2D eigenvalue weighted by molar-refractivity contribution is 5.02. The highest BCUT2D eigenvalue weighted by Gasteiger charge is 2.50. The molecule has 4 saturated carbocycles. The van der Waals surface area contributed by atoms with Crippen molar-refractivity contribution in [1.82, 2.24) is 0 Å². The molecule has 1 atom stereocenters. The largest absolute Gasteiger partial charge is 0.328 e. The molecule has 0 aromatic heterocycles. The molecule has 0 aromatic rings. The minimum absolute atomic E-state index is 0.476. The van der Waals surface area contributed by atoms with Crippen molar-refractivity contribution in [2.75, 3.05) is 0 Å². The predicted molar refractivity (Wildman–Crippen MR) is 77.3 cm³/mol. The van der Waals surface area contributed by atoms with Gasteiger partial charge in [-0.3, -0.25) is 0 Å². The van der Waals surface area contributed by atoms with Gasteiger partial charge in [0.15, 0.2) is 0 Å². The second-order valence-electron chi connectivity index (χ2n) is 8.35. The molecule has 4 aliphatic rings. The summed E-state index contributed by atoms with van der Waals surface area (Å²) in [7, 11) is 0. The Bertz CT molecular complexity index is 259. The van der Waals surface area contributed by atoms with Gasteiger partial charge in [0.25, 0.3) is 0 Å². The van der Waals surface area contributed by atoms with Crippen molar-refractivity contribution in [2.45, 2.75) is 77.7 Å². The van der Waals surface area contributed by atoms with Gasteiger partial charge in [0.2, 0.25) is 0 Å². The van der Waals surface area contributed by atoms with Gasteiger partial charge < -0.3 is 5.73 Å². The molecule has 1 unspecified atom stereocenters. The van der Waals surface area contributed by atoms with Crippen LogP contribution in [0.4, 0.5) is 0 Å². The fraction of sp³-hybridized carbons (Fsp3) is 1.00. The first kappa shape index (κ1) is 13.0. The van der Waals surface area contributed by atoms with Gasteiger partial charge in [0, 0.05) is 6.04 Å². The number of hydrogen-bond acceptors (Lipinski definition) is 1. The highest BCUT2D eigenvalue weighted by atomic mass is 14.7. The Morgan fingerprint density at radius 3 is 1.89 bits per heavy atom. The van der Waals surface area contributed by atoms with E-state index in [1.807, 2.05) is 0 Å². The molecule has 18 heavy (non-hydrogen) atoms. The molecule has 0 aliphatic heterocycles. The Morgan fingerprint density at radius 1 is 0.944 bits per heavy atom. The van der Waals surface area contributed by atoms with Crippen LogP contribution in [0.1, 0.15) is 71.6 Å². The average Bonchev–Trinajstić information content (AvgIpc) is 2.23. The molecule has 0 heterocycles. The van der Waals surface area contributed by atoms with E-state index in [4.69, 9.17) is 5.73 Å². The van der Waals surface area contributed by atoms with Gasteiger partial charge in [-0.2, -0.15) is 0 Å². The fourth-order valence-corrected chi connectivity index (χ4v) is 5.75. The van der Waals surface area contributed by atoms with Crippen molar-refractivity contribution in [3.05, 3.63) is 0 Å². The van der Waals surface area contributed by atoms with Crippen LogP contribution in [0.15, 0.2) is 0 Å². The monoisotopic (exact) mass is 249 g/mol. The van der Waals surface area contributed by atoms with E-state index in [2.05, 4.69) is 13.8 Å². The molecular formula is C17H31N. The number of nitrogens with two attached hydrogens (primary N) is 1. The fourth-order valence-electron chi connectivity index (χ4n) is 5.75. The van der Waals surface area contributed by atoms with Gasteiger partial charge in [-0.05, 0) is 86.9 Å². The molecule has 1 nitrogen and oxygen atoms in total. The molecule has 104 valence electrons. The Hall–Kier alpha value is -0.0400. The van der Waals surface area contributed by atoms with Gasteiger partial charge in [0.05, 0.1) is 0 Å². The zero-order valence-corrected chi connectivity index (χ0v) is 12.3. The summed E-state index contributed by atoms with van der Waals surface area (Å²) in [5.74, 6) is 4.04. The number of rotatable bonds is 5. The molecule has 4 bridgehead atoms. The lowest BCUT2D eigenvalue weighted by molar-refractivity contribution is -0.0607. The molecule has 0 spiro atoms. The van der Waals surface area contributed by atoms with Gasteiger partial charge in [0.1, 0.15) is 0 Å². The maximum atomic E-state index is 6.44. The van der Waals surface area contributed by atoms with Crippen LogP contribution in [-0.4, -0.2) is 6.04 Å². The molecule has 2 N–H and O–H groups in total. The highest BCUT2D eigenvalue weighted by Crippen LogP contribution is 2.61.